The number of nitrogens with one attached hydrogen (secondary N) is 1. The molecule has 1 amide bonds. The van der Waals surface area contributed by atoms with Gasteiger partial charge in [0.1, 0.15) is 0 Å². The first-order valence-corrected chi connectivity index (χ1v) is 5.57. The van der Waals surface area contributed by atoms with Gasteiger partial charge in [0, 0.05) is 17.7 Å². The van der Waals surface area contributed by atoms with Crippen LogP contribution in [0.1, 0.15) is 12.1 Å². The van der Waals surface area contributed by atoms with Crippen LogP contribution in [0.3, 0.4) is 0 Å². The number of nitrogens with zero attached hydrogens (tertiary/aromatic N) is 1. The third-order valence-corrected chi connectivity index (χ3v) is 2.53. The van der Waals surface area contributed by atoms with E-state index in [1.165, 1.54) is 11.3 Å². The highest BCUT2D eigenvalue weighted by molar-refractivity contribution is 7.13. The Morgan fingerprint density at radius 2 is 2.38 bits per heavy atom. The first-order chi connectivity index (χ1) is 6.26. The van der Waals surface area contributed by atoms with Crippen molar-refractivity contribution in [1.82, 2.24) is 4.98 Å². The molecule has 0 radical (unpaired) electrons. The second-order valence-electron chi connectivity index (χ2n) is 2.26. The number of rotatable bonds is 4. The van der Waals surface area contributed by atoms with Crippen molar-refractivity contribution in [3.8, 4) is 0 Å². The summed E-state index contributed by atoms with van der Waals surface area (Å²) in [4.78, 5) is 15.1. The smallest absolute Gasteiger partial charge is 0.227 e. The molecule has 72 valence electrons. The van der Waals surface area contributed by atoms with Crippen molar-refractivity contribution < 1.29 is 4.79 Å². The normalized spacial score (nSPS) is 10.0. The SMILES string of the molecule is O=C(CCCl)Nc1nc(CCl)cs1. The zero-order valence-electron chi connectivity index (χ0n) is 6.72. The molecule has 1 rings (SSSR count). The molecule has 1 N–H and O–H groups in total. The lowest BCUT2D eigenvalue weighted by Gasteiger charge is -1.97. The summed E-state index contributed by atoms with van der Waals surface area (Å²) < 4.78 is 0. The van der Waals surface area contributed by atoms with Crippen LogP contribution in [0.15, 0.2) is 5.38 Å². The minimum atomic E-state index is -0.120. The van der Waals surface area contributed by atoms with Gasteiger partial charge in [-0.25, -0.2) is 4.98 Å². The minimum absolute atomic E-state index is 0.120. The van der Waals surface area contributed by atoms with Gasteiger partial charge in [0.05, 0.1) is 11.6 Å². The summed E-state index contributed by atoms with van der Waals surface area (Å²) in [6.07, 6.45) is 0.303. The second kappa shape index (κ2) is 5.42. The van der Waals surface area contributed by atoms with Gasteiger partial charge in [-0.1, -0.05) is 0 Å². The van der Waals surface area contributed by atoms with E-state index < -0.39 is 0 Å². The summed E-state index contributed by atoms with van der Waals surface area (Å²) in [5.74, 6) is 0.562. The molecular weight excluding hydrogens is 231 g/mol. The van der Waals surface area contributed by atoms with Crippen LogP contribution in [-0.2, 0) is 10.7 Å². The molecule has 0 bridgehead atoms. The van der Waals surface area contributed by atoms with Crippen molar-refractivity contribution in [3.63, 3.8) is 0 Å². The van der Waals surface area contributed by atoms with Crippen LogP contribution in [0.25, 0.3) is 0 Å². The van der Waals surface area contributed by atoms with E-state index in [1.54, 1.807) is 0 Å². The highest BCUT2D eigenvalue weighted by Gasteiger charge is 2.04. The fraction of sp³-hybridized carbons (Fsp3) is 0.429. The maximum absolute atomic E-state index is 11.0. The monoisotopic (exact) mass is 238 g/mol. The predicted molar refractivity (Wildman–Crippen MR) is 55.6 cm³/mol. The van der Waals surface area contributed by atoms with E-state index in [-0.39, 0.29) is 5.91 Å². The van der Waals surface area contributed by atoms with Crippen LogP contribution in [-0.4, -0.2) is 16.8 Å². The lowest BCUT2D eigenvalue weighted by Crippen LogP contribution is -2.11. The summed E-state index contributed by atoms with van der Waals surface area (Å²) in [6, 6.07) is 0. The van der Waals surface area contributed by atoms with Crippen molar-refractivity contribution in [2.24, 2.45) is 0 Å². The van der Waals surface area contributed by atoms with Crippen molar-refractivity contribution in [1.29, 1.82) is 0 Å². The van der Waals surface area contributed by atoms with E-state index in [0.29, 0.717) is 23.3 Å². The summed E-state index contributed by atoms with van der Waals surface area (Å²) in [6.45, 7) is 0. The Hall–Kier alpha value is -0.320. The van der Waals surface area contributed by atoms with Crippen LogP contribution in [0.5, 0.6) is 0 Å². The Balaban J connectivity index is 2.49. The summed E-state index contributed by atoms with van der Waals surface area (Å²) >= 11 is 12.3. The molecule has 0 aliphatic carbocycles. The molecule has 0 aliphatic rings. The Kier molecular flexibility index (Phi) is 4.48. The molecule has 0 atom stereocenters. The zero-order valence-corrected chi connectivity index (χ0v) is 9.05. The van der Waals surface area contributed by atoms with Crippen molar-refractivity contribution >= 4 is 45.6 Å². The number of carbonyl (C=O) groups excluding carboxylic acids is 1. The van der Waals surface area contributed by atoms with Gasteiger partial charge in [0.2, 0.25) is 5.91 Å². The van der Waals surface area contributed by atoms with E-state index in [9.17, 15) is 4.79 Å². The first-order valence-electron chi connectivity index (χ1n) is 3.62. The Morgan fingerprint density at radius 1 is 1.62 bits per heavy atom. The second-order valence-corrected chi connectivity index (χ2v) is 3.77. The summed E-state index contributed by atoms with van der Waals surface area (Å²) in [5.41, 5.74) is 0.771. The number of hydrogen-bond donors (Lipinski definition) is 1. The van der Waals surface area contributed by atoms with Gasteiger partial charge < -0.3 is 5.32 Å². The zero-order chi connectivity index (χ0) is 9.68. The number of hydrogen-bond acceptors (Lipinski definition) is 3. The number of alkyl halides is 2. The highest BCUT2D eigenvalue weighted by atomic mass is 35.5. The number of amides is 1. The number of halogens is 2. The van der Waals surface area contributed by atoms with Gasteiger partial charge in [-0.2, -0.15) is 0 Å². The molecule has 0 aliphatic heterocycles. The van der Waals surface area contributed by atoms with Gasteiger partial charge >= 0.3 is 0 Å². The minimum Gasteiger partial charge on any atom is -0.302 e. The molecule has 0 saturated carbocycles. The van der Waals surface area contributed by atoms with E-state index in [0.717, 1.165) is 5.69 Å². The lowest BCUT2D eigenvalue weighted by molar-refractivity contribution is -0.115. The molecule has 1 heterocycles. The molecular formula is C7H8Cl2N2OS. The largest absolute Gasteiger partial charge is 0.302 e. The quantitative estimate of drug-likeness (QED) is 0.820. The Labute approximate surface area is 90.1 Å². The van der Waals surface area contributed by atoms with Crippen molar-refractivity contribution in [2.45, 2.75) is 12.3 Å². The molecule has 6 heteroatoms. The molecule has 3 nitrogen and oxygen atoms in total. The number of carbonyl (C=O) groups is 1. The topological polar surface area (TPSA) is 42.0 Å². The lowest BCUT2D eigenvalue weighted by atomic mass is 10.5. The fourth-order valence-corrected chi connectivity index (χ4v) is 1.82. The van der Waals surface area contributed by atoms with E-state index >= 15 is 0 Å². The predicted octanol–water partition coefficient (Wildman–Crippen LogP) is 2.45. The van der Waals surface area contributed by atoms with Gasteiger partial charge in [-0.05, 0) is 0 Å². The van der Waals surface area contributed by atoms with Gasteiger partial charge in [0.15, 0.2) is 5.13 Å². The standard InChI is InChI=1S/C7H8Cl2N2OS/c8-2-1-6(12)11-7-10-5(3-9)4-13-7/h4H,1-3H2,(H,10,11,12). The van der Waals surface area contributed by atoms with Gasteiger partial charge in [-0.3, -0.25) is 4.79 Å². The molecule has 0 spiro atoms. The number of anilines is 1. The van der Waals surface area contributed by atoms with Crippen LogP contribution in [0.4, 0.5) is 5.13 Å². The maximum Gasteiger partial charge on any atom is 0.227 e. The van der Waals surface area contributed by atoms with Crippen molar-refractivity contribution in [3.05, 3.63) is 11.1 Å². The summed E-state index contributed by atoms with van der Waals surface area (Å²) in [7, 11) is 0. The van der Waals surface area contributed by atoms with Gasteiger partial charge in [0.25, 0.3) is 0 Å². The molecule has 1 aromatic heterocycles. The average molecular weight is 239 g/mol. The van der Waals surface area contributed by atoms with Crippen LogP contribution >= 0.6 is 34.5 Å². The molecule has 0 unspecified atom stereocenters. The maximum atomic E-state index is 11.0. The average Bonchev–Trinajstić information content (AvgIpc) is 2.52. The van der Waals surface area contributed by atoms with E-state index in [4.69, 9.17) is 23.2 Å². The number of thiazole rings is 1. The molecule has 0 aromatic carbocycles. The fourth-order valence-electron chi connectivity index (χ4n) is 0.693. The number of aromatic nitrogens is 1. The summed E-state index contributed by atoms with van der Waals surface area (Å²) in [5, 5.41) is 5.01. The third-order valence-electron chi connectivity index (χ3n) is 1.26. The Morgan fingerprint density at radius 3 is 2.92 bits per heavy atom. The first kappa shape index (κ1) is 10.8. The molecule has 0 saturated heterocycles. The van der Waals surface area contributed by atoms with E-state index in [2.05, 4.69) is 10.3 Å². The Bertz CT molecular complexity index is 290. The molecule has 0 fully saturated rings. The highest BCUT2D eigenvalue weighted by Crippen LogP contribution is 2.16. The molecule has 1 aromatic rings. The van der Waals surface area contributed by atoms with E-state index in [1.807, 2.05) is 5.38 Å². The van der Waals surface area contributed by atoms with Crippen LogP contribution in [0.2, 0.25) is 0 Å². The van der Waals surface area contributed by atoms with Gasteiger partial charge in [-0.15, -0.1) is 34.5 Å². The third kappa shape index (κ3) is 3.50. The van der Waals surface area contributed by atoms with Crippen LogP contribution < -0.4 is 5.32 Å². The molecule has 13 heavy (non-hydrogen) atoms. The van der Waals surface area contributed by atoms with Crippen molar-refractivity contribution in [2.75, 3.05) is 11.2 Å². The van der Waals surface area contributed by atoms with Crippen LogP contribution in [0, 0.1) is 0 Å².